The van der Waals surface area contributed by atoms with Crippen molar-refractivity contribution in [2.45, 2.75) is 44.1 Å². The van der Waals surface area contributed by atoms with E-state index >= 15 is 0 Å². The average Bonchev–Trinajstić information content (AvgIpc) is 3.47. The molecule has 3 aromatic rings. The van der Waals surface area contributed by atoms with Crippen LogP contribution in [0.25, 0.3) is 10.6 Å². The number of piperidine rings is 1. The standard InChI is InChI=1S/C22H25N3O4S3/c1-15(2)29-20-7-6-17(32(27,28)25-9-4-3-5-10-25)12-18(20)23-21(26)19-14-31-22(24-19)16-8-11-30-13-16/h6-8,11-15H,3-5,9-10H2,1-2H3,(H,23,26). The first kappa shape index (κ1) is 22.9. The number of ether oxygens (including phenoxy) is 1. The number of hydrogen-bond acceptors (Lipinski definition) is 7. The van der Waals surface area contributed by atoms with Gasteiger partial charge in [-0.2, -0.15) is 15.6 Å². The minimum Gasteiger partial charge on any atom is -0.489 e. The lowest BCUT2D eigenvalue weighted by Gasteiger charge is -2.26. The zero-order valence-corrected chi connectivity index (χ0v) is 20.4. The highest BCUT2D eigenvalue weighted by atomic mass is 32.2. The van der Waals surface area contributed by atoms with E-state index in [1.165, 1.54) is 27.8 Å². The van der Waals surface area contributed by atoms with Crippen molar-refractivity contribution in [1.82, 2.24) is 9.29 Å². The third kappa shape index (κ3) is 5.03. The van der Waals surface area contributed by atoms with E-state index in [2.05, 4.69) is 10.3 Å². The SMILES string of the molecule is CC(C)Oc1ccc(S(=O)(=O)N2CCCCC2)cc1NC(=O)c1csc(-c2ccsc2)n1. The van der Waals surface area contributed by atoms with E-state index in [9.17, 15) is 13.2 Å². The molecular formula is C22H25N3O4S3. The van der Waals surface area contributed by atoms with Crippen LogP contribution in [0.3, 0.4) is 0 Å². The van der Waals surface area contributed by atoms with Gasteiger partial charge in [-0.25, -0.2) is 13.4 Å². The summed E-state index contributed by atoms with van der Waals surface area (Å²) in [7, 11) is -3.64. The molecule has 1 saturated heterocycles. The first-order valence-corrected chi connectivity index (χ1v) is 13.7. The zero-order chi connectivity index (χ0) is 22.7. The Bertz CT molecular complexity index is 1180. The molecular weight excluding hydrogens is 466 g/mol. The number of aromatic nitrogens is 1. The molecule has 0 spiro atoms. The molecule has 1 fully saturated rings. The summed E-state index contributed by atoms with van der Waals surface area (Å²) < 4.78 is 33.6. The second-order valence-electron chi connectivity index (χ2n) is 7.79. The van der Waals surface area contributed by atoms with Crippen LogP contribution in [-0.4, -0.2) is 42.8 Å². The molecule has 1 aliphatic heterocycles. The van der Waals surface area contributed by atoms with E-state index in [-0.39, 0.29) is 16.7 Å². The average molecular weight is 492 g/mol. The topological polar surface area (TPSA) is 88.6 Å². The van der Waals surface area contributed by atoms with Gasteiger partial charge < -0.3 is 10.1 Å². The highest BCUT2D eigenvalue weighted by Gasteiger charge is 2.27. The van der Waals surface area contributed by atoms with Gasteiger partial charge in [-0.3, -0.25) is 4.79 Å². The number of benzene rings is 1. The molecule has 0 saturated carbocycles. The summed E-state index contributed by atoms with van der Waals surface area (Å²) in [4.78, 5) is 17.5. The van der Waals surface area contributed by atoms with E-state index in [0.29, 0.717) is 24.5 Å². The molecule has 0 unspecified atom stereocenters. The smallest absolute Gasteiger partial charge is 0.275 e. The molecule has 3 heterocycles. The van der Waals surface area contributed by atoms with Gasteiger partial charge in [-0.15, -0.1) is 11.3 Å². The van der Waals surface area contributed by atoms with Gasteiger partial charge in [0, 0.05) is 29.4 Å². The Morgan fingerprint density at radius 3 is 2.62 bits per heavy atom. The van der Waals surface area contributed by atoms with Gasteiger partial charge in [-0.05, 0) is 56.3 Å². The number of nitrogens with zero attached hydrogens (tertiary/aromatic N) is 2. The summed E-state index contributed by atoms with van der Waals surface area (Å²) in [5.74, 6) is 0.00286. The Kier molecular flexibility index (Phi) is 6.94. The molecule has 170 valence electrons. The molecule has 32 heavy (non-hydrogen) atoms. The van der Waals surface area contributed by atoms with Crippen LogP contribution in [0.15, 0.2) is 45.3 Å². The minimum atomic E-state index is -3.64. The highest BCUT2D eigenvalue weighted by molar-refractivity contribution is 7.89. The molecule has 7 nitrogen and oxygen atoms in total. The fourth-order valence-corrected chi connectivity index (χ4v) is 6.52. The van der Waals surface area contributed by atoms with Crippen molar-refractivity contribution in [2.75, 3.05) is 18.4 Å². The molecule has 2 aromatic heterocycles. The largest absolute Gasteiger partial charge is 0.489 e. The third-order valence-electron chi connectivity index (χ3n) is 5.02. The second kappa shape index (κ2) is 9.70. The van der Waals surface area contributed by atoms with Crippen molar-refractivity contribution in [3.05, 3.63) is 46.1 Å². The number of thiazole rings is 1. The van der Waals surface area contributed by atoms with Crippen LogP contribution < -0.4 is 10.1 Å². The van der Waals surface area contributed by atoms with Crippen molar-refractivity contribution in [3.63, 3.8) is 0 Å². The van der Waals surface area contributed by atoms with Crippen molar-refractivity contribution in [2.24, 2.45) is 0 Å². The van der Waals surface area contributed by atoms with E-state index < -0.39 is 15.9 Å². The van der Waals surface area contributed by atoms with Gasteiger partial charge in [0.15, 0.2) is 0 Å². The number of nitrogens with one attached hydrogen (secondary N) is 1. The predicted molar refractivity (Wildman–Crippen MR) is 128 cm³/mol. The lowest BCUT2D eigenvalue weighted by Crippen LogP contribution is -2.35. The minimum absolute atomic E-state index is 0.139. The van der Waals surface area contributed by atoms with Crippen LogP contribution in [0.4, 0.5) is 5.69 Å². The maximum atomic E-state index is 13.1. The van der Waals surface area contributed by atoms with Gasteiger partial charge >= 0.3 is 0 Å². The summed E-state index contributed by atoms with van der Waals surface area (Å²) in [5.41, 5.74) is 1.56. The lowest BCUT2D eigenvalue weighted by atomic mass is 10.2. The van der Waals surface area contributed by atoms with Crippen LogP contribution in [0.2, 0.25) is 0 Å². The summed E-state index contributed by atoms with van der Waals surface area (Å²) in [6.45, 7) is 4.77. The number of carbonyl (C=O) groups excluding carboxylic acids is 1. The van der Waals surface area contributed by atoms with Crippen LogP contribution >= 0.6 is 22.7 Å². The van der Waals surface area contributed by atoms with Gasteiger partial charge in [0.05, 0.1) is 16.7 Å². The first-order valence-electron chi connectivity index (χ1n) is 10.4. The number of thiophene rings is 1. The number of sulfonamides is 1. The molecule has 0 bridgehead atoms. The summed E-state index contributed by atoms with van der Waals surface area (Å²) >= 11 is 2.95. The summed E-state index contributed by atoms with van der Waals surface area (Å²) in [5, 5.41) is 9.20. The Morgan fingerprint density at radius 1 is 1.16 bits per heavy atom. The first-order chi connectivity index (χ1) is 15.3. The molecule has 1 aliphatic rings. The number of carbonyl (C=O) groups is 1. The predicted octanol–water partition coefficient (Wildman–Crippen LogP) is 5.09. The van der Waals surface area contributed by atoms with Crippen molar-refractivity contribution in [3.8, 4) is 16.3 Å². The molecule has 0 atom stereocenters. The zero-order valence-electron chi connectivity index (χ0n) is 17.9. The summed E-state index contributed by atoms with van der Waals surface area (Å²) in [6, 6.07) is 6.57. The maximum Gasteiger partial charge on any atom is 0.275 e. The third-order valence-corrected chi connectivity index (χ3v) is 8.49. The molecule has 1 aromatic carbocycles. The van der Waals surface area contributed by atoms with Gasteiger partial charge in [0.1, 0.15) is 16.5 Å². The molecule has 0 aliphatic carbocycles. The Labute approximate surface area is 196 Å². The molecule has 1 amide bonds. The molecule has 1 N–H and O–H groups in total. The van der Waals surface area contributed by atoms with E-state index in [0.717, 1.165) is 29.8 Å². The monoisotopic (exact) mass is 491 g/mol. The van der Waals surface area contributed by atoms with E-state index in [1.807, 2.05) is 30.7 Å². The van der Waals surface area contributed by atoms with Crippen LogP contribution in [0.5, 0.6) is 5.75 Å². The van der Waals surface area contributed by atoms with Crippen molar-refractivity contribution < 1.29 is 17.9 Å². The number of rotatable bonds is 7. The Balaban J connectivity index is 1.62. The Morgan fingerprint density at radius 2 is 1.94 bits per heavy atom. The highest BCUT2D eigenvalue weighted by Crippen LogP contribution is 2.32. The fraction of sp³-hybridized carbons (Fsp3) is 0.364. The molecule has 4 rings (SSSR count). The maximum absolute atomic E-state index is 13.1. The van der Waals surface area contributed by atoms with Crippen LogP contribution in [0, 0.1) is 0 Å². The van der Waals surface area contributed by atoms with Crippen LogP contribution in [-0.2, 0) is 10.0 Å². The van der Waals surface area contributed by atoms with Crippen molar-refractivity contribution in [1.29, 1.82) is 0 Å². The van der Waals surface area contributed by atoms with E-state index in [1.54, 1.807) is 22.8 Å². The fourth-order valence-electron chi connectivity index (χ4n) is 3.46. The Hall–Kier alpha value is -2.27. The summed E-state index contributed by atoms with van der Waals surface area (Å²) in [6.07, 6.45) is 2.61. The normalized spacial score (nSPS) is 15.1. The second-order valence-corrected chi connectivity index (χ2v) is 11.4. The number of anilines is 1. The quantitative estimate of drug-likeness (QED) is 0.498. The number of amides is 1. The lowest BCUT2D eigenvalue weighted by molar-refractivity contribution is 0.102. The van der Waals surface area contributed by atoms with Crippen LogP contribution in [0.1, 0.15) is 43.6 Å². The van der Waals surface area contributed by atoms with E-state index in [4.69, 9.17) is 4.74 Å². The van der Waals surface area contributed by atoms with Gasteiger partial charge in [-0.1, -0.05) is 6.42 Å². The van der Waals surface area contributed by atoms with Gasteiger partial charge in [0.25, 0.3) is 5.91 Å². The molecule has 10 heteroatoms. The number of hydrogen-bond donors (Lipinski definition) is 1. The molecule has 0 radical (unpaired) electrons. The van der Waals surface area contributed by atoms with Crippen molar-refractivity contribution >= 4 is 44.3 Å². The van der Waals surface area contributed by atoms with Gasteiger partial charge in [0.2, 0.25) is 10.0 Å².